The number of nitrogens with one attached hydrogen (secondary N) is 2. The molecule has 0 saturated heterocycles. The summed E-state index contributed by atoms with van der Waals surface area (Å²) < 4.78 is 10.4. The van der Waals surface area contributed by atoms with Crippen LogP contribution in [-0.4, -0.2) is 24.1 Å². The summed E-state index contributed by atoms with van der Waals surface area (Å²) in [6, 6.07) is 23.2. The number of carbonyl (C=O) groups excluding carboxylic acids is 2. The van der Waals surface area contributed by atoms with E-state index in [2.05, 4.69) is 15.4 Å². The Morgan fingerprint density at radius 3 is 2.30 bits per heavy atom. The number of ether oxygens (including phenoxy) is 2. The number of methoxy groups -OCH3 is 1. The van der Waals surface area contributed by atoms with Crippen LogP contribution in [0.2, 0.25) is 0 Å². The van der Waals surface area contributed by atoms with Crippen LogP contribution in [0.1, 0.15) is 26.3 Å². The van der Waals surface area contributed by atoms with Crippen molar-refractivity contribution >= 4 is 34.9 Å². The van der Waals surface area contributed by atoms with E-state index in [0.29, 0.717) is 29.2 Å². The van der Waals surface area contributed by atoms with Crippen molar-refractivity contribution in [1.29, 1.82) is 0 Å². The van der Waals surface area contributed by atoms with E-state index in [1.54, 1.807) is 6.07 Å². The monoisotopic (exact) mass is 420 g/mol. The first-order chi connectivity index (χ1) is 14.5. The summed E-state index contributed by atoms with van der Waals surface area (Å²) in [6.45, 7) is 0.451. The van der Waals surface area contributed by atoms with Crippen LogP contribution >= 0.6 is 12.2 Å². The van der Waals surface area contributed by atoms with Crippen LogP contribution < -0.4 is 15.4 Å². The number of thiocarbonyl (C=S) groups is 1. The van der Waals surface area contributed by atoms with Crippen LogP contribution in [0.3, 0.4) is 0 Å². The summed E-state index contributed by atoms with van der Waals surface area (Å²) in [5.41, 5.74) is 2.48. The normalized spacial score (nSPS) is 10.0. The first kappa shape index (κ1) is 21.0. The fourth-order valence-corrected chi connectivity index (χ4v) is 2.83. The molecule has 0 spiro atoms. The van der Waals surface area contributed by atoms with Crippen molar-refractivity contribution in [2.75, 3.05) is 12.4 Å². The van der Waals surface area contributed by atoms with Crippen molar-refractivity contribution in [3.05, 3.63) is 95.6 Å². The molecule has 2 N–H and O–H groups in total. The van der Waals surface area contributed by atoms with E-state index in [4.69, 9.17) is 17.0 Å². The van der Waals surface area contributed by atoms with Gasteiger partial charge < -0.3 is 14.8 Å². The SMILES string of the molecule is COC(=O)c1ccc(C(=O)NC(=S)Nc2cccc(OCc3ccccc3)c2)cc1. The Morgan fingerprint density at radius 1 is 0.900 bits per heavy atom. The molecule has 1 amide bonds. The van der Waals surface area contributed by atoms with Gasteiger partial charge in [-0.2, -0.15) is 0 Å². The molecule has 0 radical (unpaired) electrons. The fraction of sp³-hybridized carbons (Fsp3) is 0.0870. The Bertz CT molecular complexity index is 1040. The highest BCUT2D eigenvalue weighted by Crippen LogP contribution is 2.18. The van der Waals surface area contributed by atoms with Crippen LogP contribution in [0.25, 0.3) is 0 Å². The molecule has 0 unspecified atom stereocenters. The molecule has 7 heteroatoms. The van der Waals surface area contributed by atoms with Crippen LogP contribution in [0.15, 0.2) is 78.9 Å². The Morgan fingerprint density at radius 2 is 1.60 bits per heavy atom. The van der Waals surface area contributed by atoms with Gasteiger partial charge in [-0.3, -0.25) is 10.1 Å². The predicted molar refractivity (Wildman–Crippen MR) is 119 cm³/mol. The minimum absolute atomic E-state index is 0.150. The Balaban J connectivity index is 1.55. The van der Waals surface area contributed by atoms with Crippen molar-refractivity contribution < 1.29 is 19.1 Å². The lowest BCUT2D eigenvalue weighted by atomic mass is 10.1. The molecule has 152 valence electrons. The Kier molecular flexibility index (Phi) is 7.13. The zero-order valence-electron chi connectivity index (χ0n) is 16.3. The van der Waals surface area contributed by atoms with Crippen molar-refractivity contribution in [2.45, 2.75) is 6.61 Å². The maximum Gasteiger partial charge on any atom is 0.337 e. The lowest BCUT2D eigenvalue weighted by Crippen LogP contribution is -2.34. The summed E-state index contributed by atoms with van der Waals surface area (Å²) in [6.07, 6.45) is 0. The molecule has 0 aliphatic heterocycles. The van der Waals surface area contributed by atoms with Crippen molar-refractivity contribution in [2.24, 2.45) is 0 Å². The topological polar surface area (TPSA) is 76.7 Å². The van der Waals surface area contributed by atoms with Gasteiger partial charge in [-0.15, -0.1) is 0 Å². The van der Waals surface area contributed by atoms with Crippen LogP contribution in [0, 0.1) is 0 Å². The third kappa shape index (κ3) is 5.89. The third-order valence-electron chi connectivity index (χ3n) is 4.14. The number of esters is 1. The first-order valence-electron chi connectivity index (χ1n) is 9.12. The molecular formula is C23H20N2O4S. The predicted octanol–water partition coefficient (Wildman–Crippen LogP) is 4.18. The minimum Gasteiger partial charge on any atom is -0.489 e. The van der Waals surface area contributed by atoms with Gasteiger partial charge in [0.05, 0.1) is 12.7 Å². The van der Waals surface area contributed by atoms with Gasteiger partial charge in [0.1, 0.15) is 12.4 Å². The molecule has 0 heterocycles. The van der Waals surface area contributed by atoms with E-state index >= 15 is 0 Å². The van der Waals surface area contributed by atoms with Crippen LogP contribution in [-0.2, 0) is 11.3 Å². The molecule has 0 atom stereocenters. The summed E-state index contributed by atoms with van der Waals surface area (Å²) >= 11 is 5.22. The average molecular weight is 420 g/mol. The highest BCUT2D eigenvalue weighted by atomic mass is 32.1. The smallest absolute Gasteiger partial charge is 0.337 e. The van der Waals surface area contributed by atoms with Gasteiger partial charge in [-0.1, -0.05) is 36.4 Å². The highest BCUT2D eigenvalue weighted by molar-refractivity contribution is 7.80. The number of carbonyl (C=O) groups is 2. The molecule has 0 bridgehead atoms. The van der Waals surface area contributed by atoms with Gasteiger partial charge in [0.2, 0.25) is 0 Å². The van der Waals surface area contributed by atoms with E-state index in [0.717, 1.165) is 5.56 Å². The van der Waals surface area contributed by atoms with Gasteiger partial charge in [0, 0.05) is 17.3 Å². The van der Waals surface area contributed by atoms with E-state index < -0.39 is 5.97 Å². The van der Waals surface area contributed by atoms with Gasteiger partial charge >= 0.3 is 5.97 Å². The highest BCUT2D eigenvalue weighted by Gasteiger charge is 2.10. The van der Waals surface area contributed by atoms with Crippen molar-refractivity contribution in [3.63, 3.8) is 0 Å². The maximum absolute atomic E-state index is 12.3. The summed E-state index contributed by atoms with van der Waals surface area (Å²) in [5.74, 6) is -0.176. The number of amides is 1. The molecule has 0 saturated carbocycles. The first-order valence-corrected chi connectivity index (χ1v) is 9.53. The molecule has 3 aromatic rings. The molecule has 0 aliphatic carbocycles. The molecule has 3 rings (SSSR count). The van der Waals surface area contributed by atoms with Crippen molar-refractivity contribution in [1.82, 2.24) is 5.32 Å². The number of rotatable bonds is 6. The van der Waals surface area contributed by atoms with Crippen molar-refractivity contribution in [3.8, 4) is 5.75 Å². The maximum atomic E-state index is 12.3. The molecule has 6 nitrogen and oxygen atoms in total. The lowest BCUT2D eigenvalue weighted by molar-refractivity contribution is 0.0600. The summed E-state index contributed by atoms with van der Waals surface area (Å²) in [5, 5.41) is 5.72. The molecular weight excluding hydrogens is 400 g/mol. The molecule has 0 fully saturated rings. The summed E-state index contributed by atoms with van der Waals surface area (Å²) in [7, 11) is 1.30. The second kappa shape index (κ2) is 10.2. The zero-order chi connectivity index (χ0) is 21.3. The van der Waals surface area contributed by atoms with Crippen LogP contribution in [0.4, 0.5) is 5.69 Å². The van der Waals surface area contributed by atoms with E-state index in [1.807, 2.05) is 48.5 Å². The molecule has 30 heavy (non-hydrogen) atoms. The third-order valence-corrected chi connectivity index (χ3v) is 4.34. The lowest BCUT2D eigenvalue weighted by Gasteiger charge is -2.12. The average Bonchev–Trinajstić information content (AvgIpc) is 2.78. The largest absolute Gasteiger partial charge is 0.489 e. The molecule has 3 aromatic carbocycles. The standard InChI is InChI=1S/C23H20N2O4S/c1-28-22(27)18-12-10-17(11-13-18)21(26)25-23(30)24-19-8-5-9-20(14-19)29-15-16-6-3-2-4-7-16/h2-14H,15H2,1H3,(H2,24,25,26,30). The van der Waals surface area contributed by atoms with Crippen LogP contribution in [0.5, 0.6) is 5.75 Å². The minimum atomic E-state index is -0.464. The number of hydrogen-bond acceptors (Lipinski definition) is 5. The number of hydrogen-bond donors (Lipinski definition) is 2. The van der Waals surface area contributed by atoms with Gasteiger partial charge in [0.25, 0.3) is 5.91 Å². The Labute approximate surface area is 179 Å². The zero-order valence-corrected chi connectivity index (χ0v) is 17.1. The van der Waals surface area contributed by atoms with E-state index in [-0.39, 0.29) is 11.0 Å². The molecule has 0 aliphatic rings. The summed E-state index contributed by atoms with van der Waals surface area (Å²) in [4.78, 5) is 23.8. The van der Waals surface area contributed by atoms with Gasteiger partial charge in [0.15, 0.2) is 5.11 Å². The Hall–Kier alpha value is -3.71. The molecule has 0 aromatic heterocycles. The number of anilines is 1. The van der Waals surface area contributed by atoms with Gasteiger partial charge in [-0.05, 0) is 54.2 Å². The van der Waals surface area contributed by atoms with Gasteiger partial charge in [-0.25, -0.2) is 4.79 Å². The quantitative estimate of drug-likeness (QED) is 0.460. The number of benzene rings is 3. The second-order valence-corrected chi connectivity index (χ2v) is 6.69. The fourth-order valence-electron chi connectivity index (χ4n) is 2.62. The second-order valence-electron chi connectivity index (χ2n) is 6.28. The van der Waals surface area contributed by atoms with E-state index in [1.165, 1.54) is 31.4 Å². The van der Waals surface area contributed by atoms with E-state index in [9.17, 15) is 9.59 Å².